The Bertz CT molecular complexity index is 773. The van der Waals surface area contributed by atoms with Gasteiger partial charge in [-0.05, 0) is 24.1 Å². The van der Waals surface area contributed by atoms with Crippen molar-refractivity contribution in [2.75, 3.05) is 19.7 Å². The van der Waals surface area contributed by atoms with Crippen LogP contribution < -0.4 is 0 Å². The molecule has 6 nitrogen and oxygen atoms in total. The van der Waals surface area contributed by atoms with Gasteiger partial charge in [-0.2, -0.15) is 0 Å². The number of ether oxygens (including phenoxy) is 1. The van der Waals surface area contributed by atoms with Crippen LogP contribution >= 0.6 is 0 Å². The van der Waals surface area contributed by atoms with Crippen LogP contribution in [0.3, 0.4) is 0 Å². The number of carbonyl (C=O) groups excluding carboxylic acids is 1. The Balaban J connectivity index is 1.34. The van der Waals surface area contributed by atoms with Gasteiger partial charge in [0.15, 0.2) is 5.72 Å². The number of imidazole rings is 1. The van der Waals surface area contributed by atoms with Crippen molar-refractivity contribution in [2.45, 2.75) is 37.6 Å². The summed E-state index contributed by atoms with van der Waals surface area (Å²) in [6.07, 6.45) is 8.00. The number of aromatic nitrogens is 2. The Morgan fingerprint density at radius 3 is 2.92 bits per heavy atom. The first-order valence-corrected chi connectivity index (χ1v) is 9.02. The molecule has 2 atom stereocenters. The topological polar surface area (TPSA) is 50.6 Å². The molecule has 4 heterocycles. The molecule has 130 valence electrons. The molecule has 1 amide bonds. The minimum atomic E-state index is -0.355. The van der Waals surface area contributed by atoms with Crippen LogP contribution in [0.4, 0.5) is 0 Å². The van der Waals surface area contributed by atoms with Crippen LogP contribution in [-0.4, -0.2) is 56.7 Å². The Morgan fingerprint density at radius 1 is 1.24 bits per heavy atom. The summed E-state index contributed by atoms with van der Waals surface area (Å²) in [4.78, 5) is 20.9. The molecule has 5 rings (SSSR count). The highest BCUT2D eigenvalue weighted by Crippen LogP contribution is 2.45. The van der Waals surface area contributed by atoms with E-state index in [9.17, 15) is 4.79 Å². The molecule has 3 aliphatic rings. The van der Waals surface area contributed by atoms with E-state index in [0.717, 1.165) is 44.8 Å². The van der Waals surface area contributed by atoms with Gasteiger partial charge in [0, 0.05) is 50.6 Å². The van der Waals surface area contributed by atoms with E-state index in [0.29, 0.717) is 6.42 Å². The maximum Gasteiger partial charge on any atom is 0.226 e. The number of amides is 1. The number of carbonyl (C=O) groups is 1. The molecular weight excluding hydrogens is 316 g/mol. The molecule has 3 aliphatic heterocycles. The highest BCUT2D eigenvalue weighted by molar-refractivity contribution is 5.81. The predicted molar refractivity (Wildman–Crippen MR) is 92.0 cm³/mol. The number of likely N-dealkylation sites (tertiary alicyclic amines) is 1. The fraction of sp³-hybridized carbons (Fsp3) is 0.474. The summed E-state index contributed by atoms with van der Waals surface area (Å²) in [7, 11) is 0. The second-order valence-electron chi connectivity index (χ2n) is 7.17. The van der Waals surface area contributed by atoms with Gasteiger partial charge < -0.3 is 14.2 Å². The first kappa shape index (κ1) is 15.1. The Kier molecular flexibility index (Phi) is 3.43. The van der Waals surface area contributed by atoms with Gasteiger partial charge in [-0.25, -0.2) is 4.98 Å². The minimum Gasteiger partial charge on any atom is -0.354 e. The van der Waals surface area contributed by atoms with Gasteiger partial charge in [0.05, 0.1) is 19.0 Å². The lowest BCUT2D eigenvalue weighted by molar-refractivity contribution is -0.180. The van der Waals surface area contributed by atoms with E-state index in [4.69, 9.17) is 4.74 Å². The van der Waals surface area contributed by atoms with Crippen molar-refractivity contribution in [1.29, 1.82) is 0 Å². The van der Waals surface area contributed by atoms with Crippen LogP contribution in [-0.2, 0) is 16.1 Å². The molecule has 1 spiro atoms. The number of hydrogen-bond acceptors (Lipinski definition) is 4. The van der Waals surface area contributed by atoms with Crippen molar-refractivity contribution in [3.05, 3.63) is 48.5 Å². The fourth-order valence-corrected chi connectivity index (χ4v) is 4.64. The first-order chi connectivity index (χ1) is 12.3. The zero-order chi connectivity index (χ0) is 16.9. The van der Waals surface area contributed by atoms with Gasteiger partial charge in [-0.15, -0.1) is 0 Å². The van der Waals surface area contributed by atoms with Crippen molar-refractivity contribution in [3.8, 4) is 5.69 Å². The van der Waals surface area contributed by atoms with Crippen LogP contribution in [0.15, 0.2) is 43.0 Å². The van der Waals surface area contributed by atoms with E-state index in [1.54, 1.807) is 12.5 Å². The van der Waals surface area contributed by atoms with Gasteiger partial charge >= 0.3 is 0 Å². The highest BCUT2D eigenvalue weighted by Gasteiger charge is 2.60. The lowest BCUT2D eigenvalue weighted by Crippen LogP contribution is -2.56. The average molecular weight is 338 g/mol. The maximum atomic E-state index is 12.4. The predicted octanol–water partition coefficient (Wildman–Crippen LogP) is 1.80. The largest absolute Gasteiger partial charge is 0.354 e. The van der Waals surface area contributed by atoms with Gasteiger partial charge in [0.2, 0.25) is 5.91 Å². The molecule has 6 heteroatoms. The van der Waals surface area contributed by atoms with Crippen LogP contribution in [0.1, 0.15) is 24.8 Å². The van der Waals surface area contributed by atoms with Gasteiger partial charge in [-0.3, -0.25) is 9.69 Å². The smallest absolute Gasteiger partial charge is 0.226 e. The summed E-state index contributed by atoms with van der Waals surface area (Å²) < 4.78 is 8.17. The quantitative estimate of drug-likeness (QED) is 0.856. The lowest BCUT2D eigenvalue weighted by Gasteiger charge is -2.42. The Hall–Kier alpha value is -2.18. The number of hydrogen-bond donors (Lipinski definition) is 0. The van der Waals surface area contributed by atoms with Crippen molar-refractivity contribution < 1.29 is 9.53 Å². The zero-order valence-corrected chi connectivity index (χ0v) is 14.2. The monoisotopic (exact) mass is 338 g/mol. The van der Waals surface area contributed by atoms with Gasteiger partial charge in [0.25, 0.3) is 0 Å². The minimum absolute atomic E-state index is 0.189. The molecular formula is C19H22N4O2. The normalized spacial score (nSPS) is 29.0. The molecule has 3 saturated heterocycles. The molecule has 0 aliphatic carbocycles. The van der Waals surface area contributed by atoms with E-state index in [-0.39, 0.29) is 17.7 Å². The summed E-state index contributed by atoms with van der Waals surface area (Å²) >= 11 is 0. The van der Waals surface area contributed by atoms with E-state index < -0.39 is 0 Å². The maximum absolute atomic E-state index is 12.4. The first-order valence-electron chi connectivity index (χ1n) is 9.02. The lowest BCUT2D eigenvalue weighted by atomic mass is 10.0. The van der Waals surface area contributed by atoms with Crippen LogP contribution in [0.5, 0.6) is 0 Å². The Morgan fingerprint density at radius 2 is 2.12 bits per heavy atom. The fourth-order valence-electron chi connectivity index (χ4n) is 4.64. The van der Waals surface area contributed by atoms with E-state index in [2.05, 4.69) is 34.1 Å². The third kappa shape index (κ3) is 2.32. The van der Waals surface area contributed by atoms with Crippen molar-refractivity contribution in [1.82, 2.24) is 19.4 Å². The summed E-state index contributed by atoms with van der Waals surface area (Å²) in [6, 6.07) is 8.75. The van der Waals surface area contributed by atoms with Crippen LogP contribution in [0, 0.1) is 0 Å². The molecule has 0 bridgehead atoms. The zero-order valence-electron chi connectivity index (χ0n) is 14.2. The standard InChI is InChI=1S/C19H22N4O2/c24-18-12-17-19(23(18)8-1-11-25-19)6-9-21(17)13-15-2-4-16(5-3-15)22-10-7-20-14-22/h2-5,7,10,14,17H,1,6,8-9,11-13H2/t17-,19+/m1/s1. The van der Waals surface area contributed by atoms with E-state index in [1.807, 2.05) is 15.7 Å². The molecule has 1 aromatic carbocycles. The third-order valence-electron chi connectivity index (χ3n) is 5.85. The second-order valence-corrected chi connectivity index (χ2v) is 7.17. The molecule has 0 unspecified atom stereocenters. The van der Waals surface area contributed by atoms with Crippen molar-refractivity contribution in [3.63, 3.8) is 0 Å². The molecule has 25 heavy (non-hydrogen) atoms. The average Bonchev–Trinajstić information content (AvgIpc) is 3.33. The molecule has 3 fully saturated rings. The molecule has 2 aromatic rings. The highest BCUT2D eigenvalue weighted by atomic mass is 16.5. The van der Waals surface area contributed by atoms with Crippen LogP contribution in [0.2, 0.25) is 0 Å². The molecule has 0 radical (unpaired) electrons. The summed E-state index contributed by atoms with van der Waals surface area (Å²) in [5.41, 5.74) is 2.02. The SMILES string of the molecule is O=C1C[C@H]2N(Cc3ccc(-n4ccnc4)cc3)CC[C@]23OCCCN13. The van der Waals surface area contributed by atoms with E-state index >= 15 is 0 Å². The summed E-state index contributed by atoms with van der Waals surface area (Å²) in [5.74, 6) is 0.254. The number of rotatable bonds is 3. The second kappa shape index (κ2) is 5.68. The summed E-state index contributed by atoms with van der Waals surface area (Å²) in [5, 5.41) is 0. The molecule has 1 aromatic heterocycles. The number of nitrogens with zero attached hydrogens (tertiary/aromatic N) is 4. The van der Waals surface area contributed by atoms with Crippen LogP contribution in [0.25, 0.3) is 5.69 Å². The van der Waals surface area contributed by atoms with Crippen molar-refractivity contribution in [2.24, 2.45) is 0 Å². The number of benzene rings is 1. The molecule has 0 saturated carbocycles. The van der Waals surface area contributed by atoms with Crippen molar-refractivity contribution >= 4 is 5.91 Å². The van der Waals surface area contributed by atoms with Gasteiger partial charge in [0.1, 0.15) is 0 Å². The Labute approximate surface area is 147 Å². The van der Waals surface area contributed by atoms with E-state index in [1.165, 1.54) is 5.56 Å². The third-order valence-corrected chi connectivity index (χ3v) is 5.85. The van der Waals surface area contributed by atoms with Gasteiger partial charge in [-0.1, -0.05) is 12.1 Å². The summed E-state index contributed by atoms with van der Waals surface area (Å²) in [6.45, 7) is 3.47. The molecule has 0 N–H and O–H groups in total.